The lowest BCUT2D eigenvalue weighted by molar-refractivity contribution is -0.389. The van der Waals surface area contributed by atoms with Gasteiger partial charge in [-0.15, -0.1) is 0 Å². The summed E-state index contributed by atoms with van der Waals surface area (Å²) >= 11 is 0. The second kappa shape index (κ2) is 8.26. The fourth-order valence-electron chi connectivity index (χ4n) is 2.89. The van der Waals surface area contributed by atoms with Crippen LogP contribution in [0.2, 0.25) is 0 Å². The Morgan fingerprint density at radius 2 is 1.93 bits per heavy atom. The minimum atomic E-state index is -1.04. The van der Waals surface area contributed by atoms with E-state index < -0.39 is 34.8 Å². The number of pyridine rings is 1. The van der Waals surface area contributed by atoms with Gasteiger partial charge < -0.3 is 19.6 Å². The van der Waals surface area contributed by atoms with Gasteiger partial charge in [0.25, 0.3) is 11.7 Å². The van der Waals surface area contributed by atoms with Crippen molar-refractivity contribution >= 4 is 23.5 Å². The first kappa shape index (κ1) is 20.2. The first-order valence-corrected chi connectivity index (χ1v) is 9.16. The zero-order valence-electron chi connectivity index (χ0n) is 16.3. The molecule has 152 valence electrons. The molecule has 0 aliphatic carbocycles. The molecule has 1 aliphatic rings. The average molecular weight is 399 g/mol. The summed E-state index contributed by atoms with van der Waals surface area (Å²) in [5.74, 6) is -1.41. The molecule has 9 heteroatoms. The summed E-state index contributed by atoms with van der Waals surface area (Å²) in [6.07, 6.45) is -1.01. The van der Waals surface area contributed by atoms with Crippen molar-refractivity contribution in [2.75, 3.05) is 11.5 Å². The molecule has 1 aromatic heterocycles. The number of rotatable bonds is 6. The van der Waals surface area contributed by atoms with Crippen molar-refractivity contribution in [3.63, 3.8) is 0 Å². The molecule has 1 aromatic carbocycles. The van der Waals surface area contributed by atoms with Gasteiger partial charge in [-0.3, -0.25) is 9.69 Å². The second-order valence-corrected chi connectivity index (χ2v) is 7.06. The van der Waals surface area contributed by atoms with Gasteiger partial charge in [0.15, 0.2) is 5.75 Å². The molecule has 1 aliphatic heterocycles. The molecular weight excluding hydrogens is 378 g/mol. The van der Waals surface area contributed by atoms with Crippen LogP contribution in [-0.2, 0) is 14.3 Å². The van der Waals surface area contributed by atoms with E-state index in [4.69, 9.17) is 9.47 Å². The quantitative estimate of drug-likeness (QED) is 0.417. The summed E-state index contributed by atoms with van der Waals surface area (Å²) in [6, 6.07) is 10.3. The van der Waals surface area contributed by atoms with Crippen LogP contribution in [0.25, 0.3) is 0 Å². The van der Waals surface area contributed by atoms with Crippen molar-refractivity contribution in [3.8, 4) is 5.75 Å². The van der Waals surface area contributed by atoms with Gasteiger partial charge in [-0.25, -0.2) is 4.79 Å². The van der Waals surface area contributed by atoms with Crippen molar-refractivity contribution in [1.29, 1.82) is 0 Å². The summed E-state index contributed by atoms with van der Waals surface area (Å²) in [5.41, 5.74) is 0.592. The third-order valence-electron chi connectivity index (χ3n) is 4.34. The van der Waals surface area contributed by atoms with E-state index in [0.717, 1.165) is 4.90 Å². The minimum absolute atomic E-state index is 0.0784. The molecule has 29 heavy (non-hydrogen) atoms. The predicted octanol–water partition coefficient (Wildman–Crippen LogP) is 3.04. The summed E-state index contributed by atoms with van der Waals surface area (Å²) in [7, 11) is 0. The Bertz CT molecular complexity index is 931. The average Bonchev–Trinajstić information content (AvgIpc) is 2.71. The van der Waals surface area contributed by atoms with Crippen molar-refractivity contribution in [2.24, 2.45) is 5.92 Å². The summed E-state index contributed by atoms with van der Waals surface area (Å²) in [6.45, 7) is 5.48. The molecule has 2 atom stereocenters. The molecule has 1 amide bonds. The summed E-state index contributed by atoms with van der Waals surface area (Å²) in [5, 5.41) is 11.1. The number of benzene rings is 1. The molecule has 0 saturated heterocycles. The first-order chi connectivity index (χ1) is 13.8. The maximum Gasteiger partial charge on any atom is 0.366 e. The van der Waals surface area contributed by atoms with Crippen LogP contribution in [0.15, 0.2) is 42.5 Å². The molecular formula is C20H21N3O6. The molecule has 0 N–H and O–H groups in total. The Morgan fingerprint density at radius 3 is 2.55 bits per heavy atom. The fraction of sp³-hybridized carbons (Fsp3) is 0.350. The van der Waals surface area contributed by atoms with Gasteiger partial charge >= 0.3 is 11.8 Å². The SMILES string of the molecule is CC(C)COC(=O)C(C)N1C(=O)C(c2ccccc2)Oc2ccc([N+](=O)[O-])nc21. The maximum atomic E-state index is 13.2. The topological polar surface area (TPSA) is 112 Å². The molecule has 9 nitrogen and oxygen atoms in total. The third-order valence-corrected chi connectivity index (χ3v) is 4.34. The van der Waals surface area contributed by atoms with Gasteiger partial charge in [0.05, 0.1) is 6.61 Å². The van der Waals surface area contributed by atoms with Crippen LogP contribution in [0.5, 0.6) is 5.75 Å². The highest BCUT2D eigenvalue weighted by atomic mass is 16.6. The van der Waals surface area contributed by atoms with Crippen LogP contribution in [0, 0.1) is 16.0 Å². The highest BCUT2D eigenvalue weighted by Gasteiger charge is 2.44. The Morgan fingerprint density at radius 1 is 1.24 bits per heavy atom. The number of hydrogen-bond acceptors (Lipinski definition) is 7. The van der Waals surface area contributed by atoms with Gasteiger partial charge in [0.2, 0.25) is 6.10 Å². The van der Waals surface area contributed by atoms with E-state index in [2.05, 4.69) is 4.98 Å². The van der Waals surface area contributed by atoms with E-state index in [-0.39, 0.29) is 24.1 Å². The van der Waals surface area contributed by atoms with Crippen LogP contribution in [0.4, 0.5) is 11.6 Å². The minimum Gasteiger partial charge on any atom is -0.469 e. The number of carbonyl (C=O) groups is 2. The Kier molecular flexibility index (Phi) is 5.76. The normalized spacial score (nSPS) is 16.8. The lowest BCUT2D eigenvalue weighted by Gasteiger charge is -2.34. The second-order valence-electron chi connectivity index (χ2n) is 7.06. The van der Waals surface area contributed by atoms with Crippen molar-refractivity contribution in [1.82, 2.24) is 4.98 Å². The molecule has 0 saturated carbocycles. The number of amides is 1. The highest BCUT2D eigenvalue weighted by Crippen LogP contribution is 2.39. The van der Waals surface area contributed by atoms with E-state index in [1.165, 1.54) is 19.1 Å². The summed E-state index contributed by atoms with van der Waals surface area (Å²) < 4.78 is 11.1. The third kappa shape index (κ3) is 4.18. The molecule has 0 bridgehead atoms. The van der Waals surface area contributed by atoms with Crippen molar-refractivity contribution < 1.29 is 24.0 Å². The van der Waals surface area contributed by atoms with E-state index in [0.29, 0.717) is 5.56 Å². The van der Waals surface area contributed by atoms with Crippen LogP contribution in [-0.4, -0.2) is 34.4 Å². The number of carbonyl (C=O) groups excluding carboxylic acids is 2. The monoisotopic (exact) mass is 399 g/mol. The van der Waals surface area contributed by atoms with E-state index in [1.54, 1.807) is 30.3 Å². The number of esters is 1. The molecule has 2 unspecified atom stereocenters. The Hall–Kier alpha value is -3.49. The predicted molar refractivity (Wildman–Crippen MR) is 103 cm³/mol. The number of fused-ring (bicyclic) bond motifs is 1. The Labute approximate surface area is 167 Å². The molecule has 0 radical (unpaired) electrons. The first-order valence-electron chi connectivity index (χ1n) is 9.16. The van der Waals surface area contributed by atoms with Crippen LogP contribution in [0.1, 0.15) is 32.4 Å². The van der Waals surface area contributed by atoms with Crippen molar-refractivity contribution in [3.05, 3.63) is 58.1 Å². The zero-order valence-corrected chi connectivity index (χ0v) is 16.3. The number of nitro groups is 1. The molecule has 0 fully saturated rings. The van der Waals surface area contributed by atoms with E-state index in [9.17, 15) is 19.7 Å². The maximum absolute atomic E-state index is 13.2. The standard InChI is InChI=1S/C20H21N3O6/c1-12(2)11-28-20(25)13(3)22-18-15(9-10-16(21-18)23(26)27)29-17(19(22)24)14-7-5-4-6-8-14/h4-10,12-13,17H,11H2,1-3H3. The number of anilines is 1. The number of hydrogen-bond donors (Lipinski definition) is 0. The Balaban J connectivity index is 2.03. The van der Waals surface area contributed by atoms with Gasteiger partial charge in [-0.2, -0.15) is 0 Å². The van der Waals surface area contributed by atoms with E-state index >= 15 is 0 Å². The van der Waals surface area contributed by atoms with Crippen LogP contribution in [0.3, 0.4) is 0 Å². The zero-order chi connectivity index (χ0) is 21.1. The van der Waals surface area contributed by atoms with Crippen LogP contribution >= 0.6 is 0 Å². The fourth-order valence-corrected chi connectivity index (χ4v) is 2.89. The smallest absolute Gasteiger partial charge is 0.366 e. The molecule has 2 heterocycles. The summed E-state index contributed by atoms with van der Waals surface area (Å²) in [4.78, 5) is 41.3. The lowest BCUT2D eigenvalue weighted by Crippen LogP contribution is -2.50. The lowest BCUT2D eigenvalue weighted by atomic mass is 10.1. The van der Waals surface area contributed by atoms with Crippen molar-refractivity contribution in [2.45, 2.75) is 32.9 Å². The molecule has 2 aromatic rings. The number of nitrogens with zero attached hydrogens (tertiary/aromatic N) is 3. The number of ether oxygens (including phenoxy) is 2. The van der Waals surface area contributed by atoms with Gasteiger partial charge in [-0.05, 0) is 28.8 Å². The van der Waals surface area contributed by atoms with Gasteiger partial charge in [0.1, 0.15) is 6.04 Å². The van der Waals surface area contributed by atoms with Crippen LogP contribution < -0.4 is 9.64 Å². The highest BCUT2D eigenvalue weighted by molar-refractivity contribution is 6.04. The van der Waals surface area contributed by atoms with Gasteiger partial charge in [-0.1, -0.05) is 44.2 Å². The van der Waals surface area contributed by atoms with Gasteiger partial charge in [0, 0.05) is 11.6 Å². The molecule has 3 rings (SSSR count). The number of aromatic nitrogens is 1. The molecule has 0 spiro atoms. The van der Waals surface area contributed by atoms with E-state index in [1.807, 2.05) is 13.8 Å². The largest absolute Gasteiger partial charge is 0.469 e.